The van der Waals surface area contributed by atoms with Gasteiger partial charge in [0.1, 0.15) is 5.75 Å². The number of nitrogens with one attached hydrogen (secondary N) is 1. The number of benzene rings is 1. The fraction of sp³-hybridized carbons (Fsp3) is 0.100. The summed E-state index contributed by atoms with van der Waals surface area (Å²) >= 11 is 0. The van der Waals surface area contributed by atoms with Crippen LogP contribution in [0.15, 0.2) is 46.0 Å². The van der Waals surface area contributed by atoms with E-state index in [0.717, 1.165) is 0 Å². The molecule has 7 nitrogen and oxygen atoms in total. The topological polar surface area (TPSA) is 123 Å². The van der Waals surface area contributed by atoms with E-state index in [1.807, 2.05) is 0 Å². The van der Waals surface area contributed by atoms with Crippen molar-refractivity contribution in [2.24, 2.45) is 5.84 Å². The molecule has 0 bridgehead atoms. The Morgan fingerprint density at radius 2 is 1.68 bits per heavy atom. The third kappa shape index (κ3) is 4.81. The van der Waals surface area contributed by atoms with Crippen molar-refractivity contribution in [1.82, 2.24) is 5.43 Å². The number of amides is 1. The first-order valence-corrected chi connectivity index (χ1v) is 8.23. The second-order valence-electron chi connectivity index (χ2n) is 3.50. The van der Waals surface area contributed by atoms with Crippen molar-refractivity contribution in [3.63, 3.8) is 0 Å². The van der Waals surface area contributed by atoms with Gasteiger partial charge in [0.15, 0.2) is 9.84 Å². The number of nitrogens with two attached hydrogens (primary N) is 1. The lowest BCUT2D eigenvalue weighted by Crippen LogP contribution is -2.34. The van der Waals surface area contributed by atoms with Crippen molar-refractivity contribution in [3.05, 3.63) is 41.1 Å². The molecule has 0 saturated carbocycles. The third-order valence-electron chi connectivity index (χ3n) is 2.01. The van der Waals surface area contributed by atoms with Crippen molar-refractivity contribution in [2.45, 2.75) is 4.90 Å². The summed E-state index contributed by atoms with van der Waals surface area (Å²) in [6, 6.07) is 7.32. The summed E-state index contributed by atoms with van der Waals surface area (Å²) in [5.74, 6) is 2.90. The Labute approximate surface area is 110 Å². The van der Waals surface area contributed by atoms with Gasteiger partial charge in [-0.2, -0.15) is 0 Å². The van der Waals surface area contributed by atoms with Gasteiger partial charge in [-0.3, -0.25) is 10.2 Å². The minimum atomic E-state index is -3.99. The molecule has 0 aliphatic rings. The number of hydrogen-bond donors (Lipinski definition) is 2. The largest absolute Gasteiger partial charge is 0.293 e. The molecule has 104 valence electrons. The molecule has 0 atom stereocenters. The minimum absolute atomic E-state index is 0.0373. The van der Waals surface area contributed by atoms with Crippen molar-refractivity contribution in [3.8, 4) is 0 Å². The summed E-state index contributed by atoms with van der Waals surface area (Å²) in [5.41, 5.74) is 1.65. The lowest BCUT2D eigenvalue weighted by atomic mass is 10.4. The normalized spacial score (nSPS) is 12.5. The van der Waals surface area contributed by atoms with Gasteiger partial charge in [0.2, 0.25) is 15.7 Å². The van der Waals surface area contributed by atoms with Gasteiger partial charge in [0.25, 0.3) is 0 Å². The molecule has 1 aromatic carbocycles. The standard InChI is InChI=1S/C10H12N2O5S2/c11-12-10(13)8-18(14,15)6-7-19(16,17)9-4-2-1-3-5-9/h1-7H,8,11H2,(H,12,13). The van der Waals surface area contributed by atoms with Crippen molar-refractivity contribution in [2.75, 3.05) is 5.75 Å². The number of rotatable bonds is 5. The van der Waals surface area contributed by atoms with Crippen LogP contribution in [0.1, 0.15) is 0 Å². The molecule has 3 N–H and O–H groups in total. The van der Waals surface area contributed by atoms with Gasteiger partial charge in [0.05, 0.1) is 4.90 Å². The summed E-state index contributed by atoms with van der Waals surface area (Å²) < 4.78 is 46.3. The molecule has 0 aromatic heterocycles. The van der Waals surface area contributed by atoms with E-state index in [0.29, 0.717) is 10.8 Å². The molecule has 0 aliphatic carbocycles. The fourth-order valence-corrected chi connectivity index (χ4v) is 3.62. The van der Waals surface area contributed by atoms with Gasteiger partial charge in [0, 0.05) is 10.8 Å². The van der Waals surface area contributed by atoms with E-state index in [9.17, 15) is 21.6 Å². The summed E-state index contributed by atoms with van der Waals surface area (Å²) in [5, 5.41) is 1.02. The number of hydrazine groups is 1. The molecule has 1 rings (SSSR count). The molecule has 0 heterocycles. The summed E-state index contributed by atoms with van der Waals surface area (Å²) in [7, 11) is -7.84. The van der Waals surface area contributed by atoms with Gasteiger partial charge in [-0.15, -0.1) is 0 Å². The Morgan fingerprint density at radius 3 is 2.21 bits per heavy atom. The molecule has 9 heteroatoms. The molecule has 0 unspecified atom stereocenters. The average molecular weight is 304 g/mol. The van der Waals surface area contributed by atoms with Crippen molar-refractivity contribution >= 4 is 25.6 Å². The highest BCUT2D eigenvalue weighted by molar-refractivity contribution is 7.98. The van der Waals surface area contributed by atoms with Gasteiger partial charge in [-0.05, 0) is 12.1 Å². The van der Waals surface area contributed by atoms with Gasteiger partial charge >= 0.3 is 0 Å². The zero-order valence-electron chi connectivity index (χ0n) is 9.68. The quantitative estimate of drug-likeness (QED) is 0.423. The SMILES string of the molecule is NNC(=O)CS(=O)(=O)C=CS(=O)(=O)c1ccccc1. The van der Waals surface area contributed by atoms with Crippen LogP contribution in [0.5, 0.6) is 0 Å². The Balaban J connectivity index is 2.96. The van der Waals surface area contributed by atoms with Crippen LogP contribution in [-0.4, -0.2) is 28.5 Å². The van der Waals surface area contributed by atoms with E-state index >= 15 is 0 Å². The molecular weight excluding hydrogens is 292 g/mol. The Hall–Kier alpha value is -1.71. The average Bonchev–Trinajstić information content (AvgIpc) is 2.37. The second-order valence-corrected chi connectivity index (χ2v) is 7.23. The molecule has 1 amide bonds. The summed E-state index contributed by atoms with van der Waals surface area (Å²) in [4.78, 5) is 10.8. The highest BCUT2D eigenvalue weighted by atomic mass is 32.2. The molecule has 0 aliphatic heterocycles. The van der Waals surface area contributed by atoms with E-state index in [1.165, 1.54) is 24.3 Å². The van der Waals surface area contributed by atoms with E-state index in [-0.39, 0.29) is 4.90 Å². The molecule has 0 fully saturated rings. The van der Waals surface area contributed by atoms with Gasteiger partial charge < -0.3 is 0 Å². The van der Waals surface area contributed by atoms with Crippen molar-refractivity contribution in [1.29, 1.82) is 0 Å². The highest BCUT2D eigenvalue weighted by Crippen LogP contribution is 2.11. The van der Waals surface area contributed by atoms with Crippen LogP contribution < -0.4 is 11.3 Å². The van der Waals surface area contributed by atoms with Crippen LogP contribution in [0.2, 0.25) is 0 Å². The predicted molar refractivity (Wildman–Crippen MR) is 68.9 cm³/mol. The van der Waals surface area contributed by atoms with Gasteiger partial charge in [-0.25, -0.2) is 22.7 Å². The number of carbonyl (C=O) groups excluding carboxylic acids is 1. The van der Waals surface area contributed by atoms with Crippen LogP contribution in [0.25, 0.3) is 0 Å². The first-order chi connectivity index (χ1) is 8.77. The predicted octanol–water partition coefficient (Wildman–Crippen LogP) is -0.664. The van der Waals surface area contributed by atoms with Crippen LogP contribution in [-0.2, 0) is 24.5 Å². The van der Waals surface area contributed by atoms with E-state index in [4.69, 9.17) is 5.84 Å². The Kier molecular flexibility index (Phi) is 4.81. The maximum atomic E-state index is 11.8. The lowest BCUT2D eigenvalue weighted by Gasteiger charge is -1.99. The second kappa shape index (κ2) is 5.95. The first-order valence-electron chi connectivity index (χ1n) is 4.97. The van der Waals surface area contributed by atoms with Crippen LogP contribution in [0.4, 0.5) is 0 Å². The Morgan fingerprint density at radius 1 is 1.11 bits per heavy atom. The summed E-state index contributed by atoms with van der Waals surface area (Å²) in [6.45, 7) is 0. The number of hydrogen-bond acceptors (Lipinski definition) is 6. The monoisotopic (exact) mass is 304 g/mol. The van der Waals surface area contributed by atoms with Crippen LogP contribution in [0, 0.1) is 0 Å². The van der Waals surface area contributed by atoms with Crippen LogP contribution in [0.3, 0.4) is 0 Å². The Bertz CT molecular complexity index is 678. The molecule has 0 saturated heterocycles. The smallest absolute Gasteiger partial charge is 0.249 e. The first kappa shape index (κ1) is 15.3. The zero-order valence-corrected chi connectivity index (χ0v) is 11.3. The highest BCUT2D eigenvalue weighted by Gasteiger charge is 2.15. The minimum Gasteiger partial charge on any atom is -0.293 e. The fourth-order valence-electron chi connectivity index (χ4n) is 1.12. The van der Waals surface area contributed by atoms with Crippen LogP contribution >= 0.6 is 0 Å². The summed E-state index contributed by atoms with van der Waals surface area (Å²) in [6.07, 6.45) is 0. The van der Waals surface area contributed by atoms with E-state index in [1.54, 1.807) is 11.5 Å². The molecule has 0 radical (unpaired) electrons. The number of carbonyl (C=O) groups is 1. The molecular formula is C10H12N2O5S2. The zero-order chi connectivity index (χ0) is 14.5. The molecule has 1 aromatic rings. The molecule has 0 spiro atoms. The van der Waals surface area contributed by atoms with E-state index in [2.05, 4.69) is 0 Å². The van der Waals surface area contributed by atoms with Gasteiger partial charge in [-0.1, -0.05) is 18.2 Å². The van der Waals surface area contributed by atoms with E-state index < -0.39 is 31.3 Å². The van der Waals surface area contributed by atoms with Crippen molar-refractivity contribution < 1.29 is 21.6 Å². The molecule has 19 heavy (non-hydrogen) atoms. The maximum absolute atomic E-state index is 11.8. The third-order valence-corrected chi connectivity index (χ3v) is 4.82. The maximum Gasteiger partial charge on any atom is 0.249 e. The number of sulfone groups is 2. The lowest BCUT2D eigenvalue weighted by molar-refractivity contribution is -0.118.